The summed E-state index contributed by atoms with van der Waals surface area (Å²) in [4.78, 5) is 13.1. The number of hydrogen-bond donors (Lipinski definition) is 1. The summed E-state index contributed by atoms with van der Waals surface area (Å²) in [6.45, 7) is 4.84. The molecule has 1 atom stereocenters. The van der Waals surface area contributed by atoms with Gasteiger partial charge < -0.3 is 14.7 Å². The number of carboxylic acid groups (broad SMARTS) is 1. The van der Waals surface area contributed by atoms with E-state index >= 15 is 0 Å². The van der Waals surface area contributed by atoms with E-state index < -0.39 is 5.97 Å². The molecule has 0 bridgehead atoms. The van der Waals surface area contributed by atoms with Crippen LogP contribution in [0.5, 0.6) is 0 Å². The Morgan fingerprint density at radius 1 is 1.42 bits per heavy atom. The minimum Gasteiger partial charge on any atom is -0.478 e. The molecule has 0 amide bonds. The van der Waals surface area contributed by atoms with Crippen LogP contribution >= 0.6 is 0 Å². The number of ether oxygens (including phenoxy) is 1. The Labute approximate surface area is 114 Å². The second-order valence-electron chi connectivity index (χ2n) is 4.93. The zero-order valence-electron chi connectivity index (χ0n) is 11.3. The van der Waals surface area contributed by atoms with Crippen LogP contribution in [-0.4, -0.2) is 36.9 Å². The molecule has 19 heavy (non-hydrogen) atoms. The normalized spacial score (nSPS) is 19.4. The topological polar surface area (TPSA) is 49.8 Å². The molecular formula is C15H21NO3. The van der Waals surface area contributed by atoms with Crippen molar-refractivity contribution in [3.63, 3.8) is 0 Å². The maximum atomic E-state index is 10.8. The molecule has 0 saturated carbocycles. The quantitative estimate of drug-likeness (QED) is 0.887. The zero-order valence-corrected chi connectivity index (χ0v) is 11.3. The van der Waals surface area contributed by atoms with Gasteiger partial charge in [-0.15, -0.1) is 0 Å². The Morgan fingerprint density at radius 2 is 2.16 bits per heavy atom. The fourth-order valence-corrected chi connectivity index (χ4v) is 2.41. The third-order valence-electron chi connectivity index (χ3n) is 3.42. The van der Waals surface area contributed by atoms with Crippen LogP contribution in [0.25, 0.3) is 0 Å². The van der Waals surface area contributed by atoms with Crippen LogP contribution < -0.4 is 4.90 Å². The highest BCUT2D eigenvalue weighted by Gasteiger charge is 2.20. The summed E-state index contributed by atoms with van der Waals surface area (Å²) in [7, 11) is 0. The van der Waals surface area contributed by atoms with E-state index in [-0.39, 0.29) is 0 Å². The number of nitrogens with zero attached hydrogens (tertiary/aromatic N) is 1. The fourth-order valence-electron chi connectivity index (χ4n) is 2.41. The maximum absolute atomic E-state index is 10.8. The number of piperidine rings is 1. The molecule has 1 aliphatic heterocycles. The Morgan fingerprint density at radius 3 is 2.79 bits per heavy atom. The predicted octanol–water partition coefficient (Wildman–Crippen LogP) is 2.78. The zero-order chi connectivity index (χ0) is 13.7. The Bertz CT molecular complexity index is 416. The van der Waals surface area contributed by atoms with Crippen LogP contribution in [0.3, 0.4) is 0 Å². The van der Waals surface area contributed by atoms with E-state index in [4.69, 9.17) is 9.84 Å². The predicted molar refractivity (Wildman–Crippen MR) is 74.9 cm³/mol. The molecule has 1 N–H and O–H groups in total. The molecule has 1 aromatic rings. The number of hydrogen-bond acceptors (Lipinski definition) is 3. The summed E-state index contributed by atoms with van der Waals surface area (Å²) in [5, 5.41) is 8.89. The molecule has 1 aliphatic rings. The highest BCUT2D eigenvalue weighted by Crippen LogP contribution is 2.22. The summed E-state index contributed by atoms with van der Waals surface area (Å²) in [5.41, 5.74) is 1.41. The standard InChI is InChI=1S/C15H21NO3/c1-2-10-19-14-4-3-9-16(11-14)13-7-5-12(6-8-13)15(17)18/h5-8,14H,2-4,9-11H2,1H3,(H,17,18). The molecule has 104 valence electrons. The molecule has 1 fully saturated rings. The van der Waals surface area contributed by atoms with Gasteiger partial charge in [0.15, 0.2) is 0 Å². The highest BCUT2D eigenvalue weighted by molar-refractivity contribution is 5.88. The minimum atomic E-state index is -0.880. The molecule has 0 aromatic heterocycles. The van der Waals surface area contributed by atoms with Crippen LogP contribution in [0.2, 0.25) is 0 Å². The summed E-state index contributed by atoms with van der Waals surface area (Å²) >= 11 is 0. The van der Waals surface area contributed by atoms with E-state index in [0.717, 1.165) is 44.6 Å². The third-order valence-corrected chi connectivity index (χ3v) is 3.42. The van der Waals surface area contributed by atoms with E-state index in [1.807, 2.05) is 12.1 Å². The van der Waals surface area contributed by atoms with Crippen molar-refractivity contribution >= 4 is 11.7 Å². The van der Waals surface area contributed by atoms with Crippen molar-refractivity contribution in [2.45, 2.75) is 32.3 Å². The smallest absolute Gasteiger partial charge is 0.335 e. The molecule has 1 aromatic carbocycles. The van der Waals surface area contributed by atoms with Gasteiger partial charge in [0.05, 0.1) is 11.7 Å². The van der Waals surface area contributed by atoms with Crippen LogP contribution in [0.15, 0.2) is 24.3 Å². The number of rotatable bonds is 5. The van der Waals surface area contributed by atoms with Gasteiger partial charge >= 0.3 is 5.97 Å². The molecule has 4 heteroatoms. The van der Waals surface area contributed by atoms with E-state index in [0.29, 0.717) is 11.7 Å². The lowest BCUT2D eigenvalue weighted by atomic mass is 10.1. The van der Waals surface area contributed by atoms with Gasteiger partial charge in [-0.1, -0.05) is 6.92 Å². The van der Waals surface area contributed by atoms with E-state index in [2.05, 4.69) is 11.8 Å². The van der Waals surface area contributed by atoms with Gasteiger partial charge in [-0.3, -0.25) is 0 Å². The summed E-state index contributed by atoms with van der Waals surface area (Å²) in [6, 6.07) is 7.08. The highest BCUT2D eigenvalue weighted by atomic mass is 16.5. The minimum absolute atomic E-state index is 0.299. The Kier molecular flexibility index (Phi) is 4.80. The van der Waals surface area contributed by atoms with Gasteiger partial charge in [0.1, 0.15) is 0 Å². The molecular weight excluding hydrogens is 242 g/mol. The van der Waals surface area contributed by atoms with Crippen LogP contribution in [-0.2, 0) is 4.74 Å². The SMILES string of the molecule is CCCOC1CCCN(c2ccc(C(=O)O)cc2)C1. The van der Waals surface area contributed by atoms with E-state index in [9.17, 15) is 4.79 Å². The van der Waals surface area contributed by atoms with Crippen LogP contribution in [0, 0.1) is 0 Å². The lowest BCUT2D eigenvalue weighted by molar-refractivity contribution is 0.0440. The van der Waals surface area contributed by atoms with Crippen molar-refractivity contribution in [3.8, 4) is 0 Å². The first-order chi connectivity index (χ1) is 9.20. The number of anilines is 1. The lowest BCUT2D eigenvalue weighted by Gasteiger charge is -2.34. The van der Waals surface area contributed by atoms with Crippen molar-refractivity contribution in [2.24, 2.45) is 0 Å². The average Bonchev–Trinajstić information content (AvgIpc) is 2.45. The molecule has 4 nitrogen and oxygen atoms in total. The first-order valence-corrected chi connectivity index (χ1v) is 6.90. The number of carbonyl (C=O) groups is 1. The van der Waals surface area contributed by atoms with Crippen molar-refractivity contribution < 1.29 is 14.6 Å². The molecule has 0 radical (unpaired) electrons. The summed E-state index contributed by atoms with van der Waals surface area (Å²) < 4.78 is 5.81. The summed E-state index contributed by atoms with van der Waals surface area (Å²) in [5.74, 6) is -0.880. The fraction of sp³-hybridized carbons (Fsp3) is 0.533. The first kappa shape index (κ1) is 13.9. The molecule has 1 heterocycles. The van der Waals surface area contributed by atoms with Crippen LogP contribution in [0.1, 0.15) is 36.5 Å². The molecule has 1 unspecified atom stereocenters. The maximum Gasteiger partial charge on any atom is 0.335 e. The van der Waals surface area contributed by atoms with E-state index in [1.165, 1.54) is 0 Å². The van der Waals surface area contributed by atoms with Gasteiger partial charge in [-0.25, -0.2) is 4.79 Å². The molecule has 0 spiro atoms. The Hall–Kier alpha value is -1.55. The molecule has 2 rings (SSSR count). The van der Waals surface area contributed by atoms with Crippen molar-refractivity contribution in [1.82, 2.24) is 0 Å². The lowest BCUT2D eigenvalue weighted by Crippen LogP contribution is -2.39. The van der Waals surface area contributed by atoms with Crippen molar-refractivity contribution in [2.75, 3.05) is 24.6 Å². The van der Waals surface area contributed by atoms with Crippen molar-refractivity contribution in [1.29, 1.82) is 0 Å². The molecule has 1 saturated heterocycles. The second-order valence-corrected chi connectivity index (χ2v) is 4.93. The van der Waals surface area contributed by atoms with E-state index in [1.54, 1.807) is 12.1 Å². The number of carboxylic acids is 1. The largest absolute Gasteiger partial charge is 0.478 e. The first-order valence-electron chi connectivity index (χ1n) is 6.90. The van der Waals surface area contributed by atoms with Gasteiger partial charge in [-0.05, 0) is 43.5 Å². The van der Waals surface area contributed by atoms with Gasteiger partial charge in [-0.2, -0.15) is 0 Å². The molecule has 0 aliphatic carbocycles. The van der Waals surface area contributed by atoms with Gasteiger partial charge in [0, 0.05) is 25.4 Å². The Balaban J connectivity index is 1.98. The van der Waals surface area contributed by atoms with Crippen molar-refractivity contribution in [3.05, 3.63) is 29.8 Å². The summed E-state index contributed by atoms with van der Waals surface area (Å²) in [6.07, 6.45) is 3.58. The number of benzene rings is 1. The number of aromatic carboxylic acids is 1. The third kappa shape index (κ3) is 3.70. The van der Waals surface area contributed by atoms with Gasteiger partial charge in [0.2, 0.25) is 0 Å². The average molecular weight is 263 g/mol. The monoisotopic (exact) mass is 263 g/mol. The van der Waals surface area contributed by atoms with Gasteiger partial charge in [0.25, 0.3) is 0 Å². The van der Waals surface area contributed by atoms with Crippen LogP contribution in [0.4, 0.5) is 5.69 Å². The second kappa shape index (κ2) is 6.57.